The Hall–Kier alpha value is -4.17. The number of ether oxygens (including phenoxy) is 2. The molecule has 7 nitrogen and oxygen atoms in total. The second-order valence-corrected chi connectivity index (χ2v) is 9.12. The van der Waals surface area contributed by atoms with E-state index < -0.39 is 17.7 Å². The van der Waals surface area contributed by atoms with Gasteiger partial charge in [-0.3, -0.25) is 14.5 Å². The number of rotatable bonds is 5. The molecule has 1 N–H and O–H groups in total. The maximum atomic E-state index is 13.4. The van der Waals surface area contributed by atoms with E-state index in [4.69, 9.17) is 9.47 Å². The highest BCUT2D eigenvalue weighted by atomic mass is 32.1. The molecule has 1 amide bonds. The number of benzene rings is 3. The van der Waals surface area contributed by atoms with Crippen LogP contribution in [0.15, 0.2) is 72.3 Å². The van der Waals surface area contributed by atoms with Crippen LogP contribution in [0, 0.1) is 6.92 Å². The highest BCUT2D eigenvalue weighted by Crippen LogP contribution is 2.46. The molecule has 0 bridgehead atoms. The van der Waals surface area contributed by atoms with Crippen molar-refractivity contribution in [2.75, 3.05) is 19.1 Å². The number of carbonyl (C=O) groups is 2. The van der Waals surface area contributed by atoms with Crippen LogP contribution < -0.4 is 14.4 Å². The number of para-hydroxylation sites is 1. The molecule has 1 saturated heterocycles. The summed E-state index contributed by atoms with van der Waals surface area (Å²) in [6.07, 6.45) is 0. The summed E-state index contributed by atoms with van der Waals surface area (Å²) in [5, 5.41) is 11.7. The van der Waals surface area contributed by atoms with Gasteiger partial charge in [-0.25, -0.2) is 4.98 Å². The smallest absolute Gasteiger partial charge is 0.301 e. The Morgan fingerprint density at radius 2 is 1.80 bits per heavy atom. The van der Waals surface area contributed by atoms with Gasteiger partial charge in [0.15, 0.2) is 5.13 Å². The zero-order valence-corrected chi connectivity index (χ0v) is 20.1. The normalized spacial score (nSPS) is 17.2. The minimum absolute atomic E-state index is 0.0387. The van der Waals surface area contributed by atoms with E-state index in [-0.39, 0.29) is 11.3 Å². The van der Waals surface area contributed by atoms with E-state index >= 15 is 0 Å². The predicted molar refractivity (Wildman–Crippen MR) is 135 cm³/mol. The van der Waals surface area contributed by atoms with Gasteiger partial charge in [-0.2, -0.15) is 0 Å². The molecule has 1 atom stereocenters. The molecule has 1 aromatic heterocycles. The molecule has 176 valence electrons. The molecule has 0 spiro atoms. The molecule has 2 heterocycles. The van der Waals surface area contributed by atoms with Crippen LogP contribution in [-0.4, -0.2) is 36.0 Å². The summed E-state index contributed by atoms with van der Waals surface area (Å²) in [4.78, 5) is 32.8. The van der Waals surface area contributed by atoms with Crippen molar-refractivity contribution in [2.45, 2.75) is 13.0 Å². The first-order valence-corrected chi connectivity index (χ1v) is 11.7. The number of Topliss-reactive ketones (excluding diaryl/α,β-unsaturated/α-hetero) is 1. The Morgan fingerprint density at radius 3 is 2.57 bits per heavy atom. The molecule has 0 saturated carbocycles. The monoisotopic (exact) mass is 486 g/mol. The fourth-order valence-corrected chi connectivity index (χ4v) is 5.36. The lowest BCUT2D eigenvalue weighted by Crippen LogP contribution is -2.29. The van der Waals surface area contributed by atoms with Crippen LogP contribution in [0.4, 0.5) is 5.13 Å². The summed E-state index contributed by atoms with van der Waals surface area (Å²) in [6.45, 7) is 1.98. The second-order valence-electron chi connectivity index (χ2n) is 8.11. The number of ketones is 1. The first-order chi connectivity index (χ1) is 16.9. The number of methoxy groups -OCH3 is 2. The number of carbonyl (C=O) groups excluding carboxylic acids is 2. The Balaban J connectivity index is 1.76. The number of aliphatic hydroxyl groups excluding tert-OH is 1. The molecule has 0 aliphatic carbocycles. The van der Waals surface area contributed by atoms with Crippen LogP contribution in [0.1, 0.15) is 22.7 Å². The summed E-state index contributed by atoms with van der Waals surface area (Å²) < 4.78 is 11.7. The molecule has 35 heavy (non-hydrogen) atoms. The summed E-state index contributed by atoms with van der Waals surface area (Å²) in [7, 11) is 3.04. The number of nitrogens with zero attached hydrogens (tertiary/aromatic N) is 2. The van der Waals surface area contributed by atoms with Crippen molar-refractivity contribution in [3.8, 4) is 11.5 Å². The first-order valence-electron chi connectivity index (χ1n) is 10.9. The van der Waals surface area contributed by atoms with Gasteiger partial charge in [0.1, 0.15) is 23.3 Å². The van der Waals surface area contributed by atoms with Crippen LogP contribution in [0.3, 0.4) is 0 Å². The van der Waals surface area contributed by atoms with Crippen molar-refractivity contribution in [2.24, 2.45) is 0 Å². The van der Waals surface area contributed by atoms with E-state index in [0.29, 0.717) is 27.8 Å². The largest absolute Gasteiger partial charge is 0.507 e. The SMILES string of the molecule is COc1cccc(C(O)=C2C(=O)C(=O)N(c3nc4ccc(C)cc4s3)C2c2ccccc2OC)c1. The van der Waals surface area contributed by atoms with Gasteiger partial charge in [-0.05, 0) is 42.8 Å². The third kappa shape index (κ3) is 3.81. The molecular weight excluding hydrogens is 464 g/mol. The molecular formula is C27H22N2O5S. The van der Waals surface area contributed by atoms with Crippen molar-refractivity contribution in [1.82, 2.24) is 4.98 Å². The third-order valence-corrected chi connectivity index (χ3v) is 6.98. The maximum Gasteiger partial charge on any atom is 0.301 e. The van der Waals surface area contributed by atoms with Crippen LogP contribution in [0.5, 0.6) is 11.5 Å². The Labute approximate surface area is 205 Å². The van der Waals surface area contributed by atoms with Gasteiger partial charge in [0, 0.05) is 11.1 Å². The predicted octanol–water partition coefficient (Wildman–Crippen LogP) is 5.25. The highest BCUT2D eigenvalue weighted by Gasteiger charge is 2.49. The number of aliphatic hydroxyl groups is 1. The van der Waals surface area contributed by atoms with Gasteiger partial charge < -0.3 is 14.6 Å². The molecule has 1 aliphatic heterocycles. The second kappa shape index (κ2) is 8.88. The van der Waals surface area contributed by atoms with Crippen LogP contribution in [0.25, 0.3) is 16.0 Å². The fourth-order valence-electron chi connectivity index (χ4n) is 4.26. The highest BCUT2D eigenvalue weighted by molar-refractivity contribution is 7.22. The van der Waals surface area contributed by atoms with Crippen molar-refractivity contribution in [1.29, 1.82) is 0 Å². The molecule has 1 fully saturated rings. The van der Waals surface area contributed by atoms with Crippen molar-refractivity contribution in [3.05, 3.63) is 89.0 Å². The molecule has 5 rings (SSSR count). The number of hydrogen-bond donors (Lipinski definition) is 1. The van der Waals surface area contributed by atoms with Gasteiger partial charge in [0.2, 0.25) is 0 Å². The lowest BCUT2D eigenvalue weighted by atomic mass is 9.94. The van der Waals surface area contributed by atoms with E-state index in [2.05, 4.69) is 4.98 Å². The molecule has 4 aromatic rings. The number of aromatic nitrogens is 1. The zero-order valence-electron chi connectivity index (χ0n) is 19.3. The molecule has 1 unspecified atom stereocenters. The lowest BCUT2D eigenvalue weighted by Gasteiger charge is -2.24. The van der Waals surface area contributed by atoms with Crippen LogP contribution >= 0.6 is 11.3 Å². The van der Waals surface area contributed by atoms with Crippen LogP contribution in [-0.2, 0) is 9.59 Å². The van der Waals surface area contributed by atoms with E-state index in [1.165, 1.54) is 30.5 Å². The minimum Gasteiger partial charge on any atom is -0.507 e. The number of anilines is 1. The molecule has 8 heteroatoms. The van der Waals surface area contributed by atoms with Gasteiger partial charge in [-0.1, -0.05) is 47.7 Å². The van der Waals surface area contributed by atoms with Crippen molar-refractivity contribution in [3.63, 3.8) is 0 Å². The van der Waals surface area contributed by atoms with Crippen molar-refractivity contribution < 1.29 is 24.2 Å². The molecule has 1 aliphatic rings. The van der Waals surface area contributed by atoms with Gasteiger partial charge in [0.25, 0.3) is 5.78 Å². The number of thiazole rings is 1. The quantitative estimate of drug-likeness (QED) is 0.236. The van der Waals surface area contributed by atoms with Crippen molar-refractivity contribution >= 4 is 44.1 Å². The Kier molecular flexibility index (Phi) is 5.74. The third-order valence-electron chi connectivity index (χ3n) is 5.96. The summed E-state index contributed by atoms with van der Waals surface area (Å²) in [6, 6.07) is 18.7. The summed E-state index contributed by atoms with van der Waals surface area (Å²) in [5.41, 5.74) is 2.68. The lowest BCUT2D eigenvalue weighted by molar-refractivity contribution is -0.132. The van der Waals surface area contributed by atoms with Gasteiger partial charge in [-0.15, -0.1) is 0 Å². The van der Waals surface area contributed by atoms with E-state index in [9.17, 15) is 14.7 Å². The minimum atomic E-state index is -0.931. The van der Waals surface area contributed by atoms with Crippen LogP contribution in [0.2, 0.25) is 0 Å². The first kappa shape index (κ1) is 22.6. The fraction of sp³-hybridized carbons (Fsp3) is 0.148. The van der Waals surface area contributed by atoms with E-state index in [1.807, 2.05) is 25.1 Å². The summed E-state index contributed by atoms with van der Waals surface area (Å²) >= 11 is 1.32. The van der Waals surface area contributed by atoms with E-state index in [1.54, 1.807) is 48.5 Å². The number of aryl methyl sites for hydroxylation is 1. The zero-order chi connectivity index (χ0) is 24.7. The number of hydrogen-bond acceptors (Lipinski definition) is 7. The summed E-state index contributed by atoms with van der Waals surface area (Å²) in [5.74, 6) is -0.855. The average molecular weight is 487 g/mol. The topological polar surface area (TPSA) is 89.0 Å². The maximum absolute atomic E-state index is 13.4. The molecule has 0 radical (unpaired) electrons. The molecule has 3 aromatic carbocycles. The Bertz CT molecular complexity index is 1510. The Morgan fingerprint density at radius 1 is 1.00 bits per heavy atom. The number of amides is 1. The standard InChI is InChI=1S/C27H22N2O5S/c1-15-11-12-19-21(13-15)35-27(28-19)29-23(18-9-4-5-10-20(18)34-3)22(25(31)26(29)32)24(30)16-7-6-8-17(14-16)33-2/h4-14,23,30H,1-3H3. The van der Waals surface area contributed by atoms with Gasteiger partial charge in [0.05, 0.1) is 30.0 Å². The average Bonchev–Trinajstić information content (AvgIpc) is 3.41. The van der Waals surface area contributed by atoms with Gasteiger partial charge >= 0.3 is 5.91 Å². The number of fused-ring (bicyclic) bond motifs is 1. The van der Waals surface area contributed by atoms with E-state index in [0.717, 1.165) is 15.8 Å².